The molecule has 0 saturated carbocycles. The zero-order valence-corrected chi connectivity index (χ0v) is 15.9. The van der Waals surface area contributed by atoms with Crippen molar-refractivity contribution in [2.45, 2.75) is 50.9 Å². The number of thiophene rings is 1. The Morgan fingerprint density at radius 3 is 2.80 bits per heavy atom. The molecule has 0 aromatic carbocycles. The maximum atomic E-state index is 12.7. The number of amides is 3. The van der Waals surface area contributed by atoms with Crippen LogP contribution in [0.2, 0.25) is 0 Å². The summed E-state index contributed by atoms with van der Waals surface area (Å²) < 4.78 is 4.88. The van der Waals surface area contributed by atoms with Gasteiger partial charge in [0.1, 0.15) is 6.61 Å². The van der Waals surface area contributed by atoms with Crippen LogP contribution in [-0.4, -0.2) is 59.9 Å². The number of carbonyl (C=O) groups excluding carboxylic acids is 2. The number of piperidine rings is 1. The molecule has 3 atom stereocenters. The summed E-state index contributed by atoms with van der Waals surface area (Å²) >= 11 is 1.50. The highest BCUT2D eigenvalue weighted by atomic mass is 32.1. The average Bonchev–Trinajstić information content (AvgIpc) is 3.02. The van der Waals surface area contributed by atoms with Crippen molar-refractivity contribution in [3.05, 3.63) is 22.4 Å². The van der Waals surface area contributed by atoms with Gasteiger partial charge in [-0.25, -0.2) is 4.79 Å². The van der Waals surface area contributed by atoms with Gasteiger partial charge in [-0.3, -0.25) is 4.79 Å². The highest BCUT2D eigenvalue weighted by Gasteiger charge is 2.48. The summed E-state index contributed by atoms with van der Waals surface area (Å²) in [5.41, 5.74) is -1.13. The monoisotopic (exact) mass is 369 g/mol. The molecular weight excluding hydrogens is 342 g/mol. The summed E-state index contributed by atoms with van der Waals surface area (Å²) in [5, 5.41) is 18.6. The molecule has 25 heavy (non-hydrogen) atoms. The van der Waals surface area contributed by atoms with Gasteiger partial charge in [0.2, 0.25) is 5.91 Å². The van der Waals surface area contributed by atoms with Crippen LogP contribution in [0, 0.1) is 0 Å². The molecular formula is C17H27N3O4S. The quantitative estimate of drug-likeness (QED) is 0.733. The maximum absolute atomic E-state index is 12.7. The first-order valence-corrected chi connectivity index (χ1v) is 9.25. The van der Waals surface area contributed by atoms with Gasteiger partial charge in [0.05, 0.1) is 17.7 Å². The van der Waals surface area contributed by atoms with E-state index in [1.807, 2.05) is 31.4 Å². The minimum atomic E-state index is -1.13. The number of nitrogens with zero attached hydrogens (tertiary/aromatic N) is 1. The number of urea groups is 1. The van der Waals surface area contributed by atoms with E-state index in [0.29, 0.717) is 13.0 Å². The van der Waals surface area contributed by atoms with Gasteiger partial charge in [-0.2, -0.15) is 0 Å². The minimum absolute atomic E-state index is 0.000421. The summed E-state index contributed by atoms with van der Waals surface area (Å²) in [7, 11) is 1.44. The van der Waals surface area contributed by atoms with E-state index in [1.54, 1.807) is 11.8 Å². The molecule has 3 amide bonds. The molecule has 1 aliphatic heterocycles. The molecule has 1 fully saturated rings. The van der Waals surface area contributed by atoms with E-state index in [2.05, 4.69) is 10.6 Å². The summed E-state index contributed by atoms with van der Waals surface area (Å²) in [4.78, 5) is 27.4. The van der Waals surface area contributed by atoms with Crippen molar-refractivity contribution in [1.29, 1.82) is 0 Å². The molecule has 0 bridgehead atoms. The first-order valence-electron chi connectivity index (χ1n) is 8.37. The normalized spacial score (nSPS) is 26.6. The third-order valence-corrected chi connectivity index (χ3v) is 5.22. The van der Waals surface area contributed by atoms with E-state index in [1.165, 1.54) is 18.4 Å². The second kappa shape index (κ2) is 8.16. The van der Waals surface area contributed by atoms with Crippen LogP contribution < -0.4 is 10.6 Å². The Kier molecular flexibility index (Phi) is 6.42. The molecule has 0 radical (unpaired) electrons. The van der Waals surface area contributed by atoms with Crippen molar-refractivity contribution in [3.63, 3.8) is 0 Å². The zero-order valence-electron chi connectivity index (χ0n) is 15.1. The highest BCUT2D eigenvalue weighted by Crippen LogP contribution is 2.38. The van der Waals surface area contributed by atoms with Crippen molar-refractivity contribution >= 4 is 23.3 Å². The number of hydrogen-bond acceptors (Lipinski definition) is 5. The zero-order chi connectivity index (χ0) is 18.6. The fourth-order valence-electron chi connectivity index (χ4n) is 3.08. The van der Waals surface area contributed by atoms with Crippen molar-refractivity contribution in [2.24, 2.45) is 0 Å². The van der Waals surface area contributed by atoms with Crippen LogP contribution in [0.1, 0.15) is 38.1 Å². The van der Waals surface area contributed by atoms with Crippen LogP contribution >= 0.6 is 11.3 Å². The van der Waals surface area contributed by atoms with Gasteiger partial charge in [0.15, 0.2) is 0 Å². The van der Waals surface area contributed by atoms with Crippen molar-refractivity contribution < 1.29 is 19.4 Å². The molecule has 0 unspecified atom stereocenters. The number of ether oxygens (including phenoxy) is 1. The van der Waals surface area contributed by atoms with Crippen LogP contribution in [0.5, 0.6) is 0 Å². The van der Waals surface area contributed by atoms with Gasteiger partial charge < -0.3 is 25.4 Å². The van der Waals surface area contributed by atoms with Gasteiger partial charge in [-0.05, 0) is 38.6 Å². The van der Waals surface area contributed by atoms with E-state index < -0.39 is 17.7 Å². The SMILES string of the molecule is COCC(=O)N[C@H]1[C@H](c2cccs2)N(C(=O)NC(C)C)CC[C@@]1(C)O. The van der Waals surface area contributed by atoms with E-state index in [9.17, 15) is 14.7 Å². The van der Waals surface area contributed by atoms with Crippen LogP contribution in [0.3, 0.4) is 0 Å². The number of likely N-dealkylation sites (tertiary alicyclic amines) is 1. The Balaban J connectivity index is 2.35. The lowest BCUT2D eigenvalue weighted by Gasteiger charge is -2.48. The minimum Gasteiger partial charge on any atom is -0.388 e. The molecule has 7 nitrogen and oxygen atoms in total. The van der Waals surface area contributed by atoms with Gasteiger partial charge in [-0.15, -0.1) is 11.3 Å². The Morgan fingerprint density at radius 1 is 1.52 bits per heavy atom. The fraction of sp³-hybridized carbons (Fsp3) is 0.647. The molecule has 1 aromatic heterocycles. The standard InChI is InChI=1S/C17H27N3O4S/c1-11(2)18-16(22)20-8-7-17(3,23)15(19-13(21)10-24-4)14(20)12-6-5-9-25-12/h5-6,9,11,14-15,23H,7-8,10H2,1-4H3,(H,18,22)(H,19,21)/t14-,15-,17+/m0/s1. The molecule has 2 rings (SSSR count). The van der Waals surface area contributed by atoms with E-state index in [0.717, 1.165) is 4.88 Å². The van der Waals surface area contributed by atoms with Gasteiger partial charge in [-0.1, -0.05) is 6.07 Å². The first kappa shape index (κ1) is 19.7. The Bertz CT molecular complexity index is 589. The Hall–Kier alpha value is -1.64. The van der Waals surface area contributed by atoms with Crippen LogP contribution in [0.15, 0.2) is 17.5 Å². The highest BCUT2D eigenvalue weighted by molar-refractivity contribution is 7.10. The van der Waals surface area contributed by atoms with Crippen molar-refractivity contribution in [1.82, 2.24) is 15.5 Å². The number of aliphatic hydroxyl groups is 1. The number of methoxy groups -OCH3 is 1. The largest absolute Gasteiger partial charge is 0.388 e. The molecule has 1 aromatic rings. The van der Waals surface area contributed by atoms with E-state index >= 15 is 0 Å². The van der Waals surface area contributed by atoms with Crippen LogP contribution in [0.25, 0.3) is 0 Å². The molecule has 0 spiro atoms. The lowest BCUT2D eigenvalue weighted by atomic mass is 9.82. The van der Waals surface area contributed by atoms with Crippen molar-refractivity contribution in [3.8, 4) is 0 Å². The molecule has 140 valence electrons. The fourth-order valence-corrected chi connectivity index (χ4v) is 3.95. The molecule has 8 heteroatoms. The molecule has 1 aliphatic rings. The summed E-state index contributed by atoms with van der Waals surface area (Å²) in [6, 6.07) is 2.55. The second-order valence-electron chi connectivity index (χ2n) is 6.84. The van der Waals surface area contributed by atoms with Gasteiger partial charge in [0, 0.05) is 24.6 Å². The average molecular weight is 369 g/mol. The summed E-state index contributed by atoms with van der Waals surface area (Å²) in [6.45, 7) is 5.81. The van der Waals surface area contributed by atoms with Gasteiger partial charge in [0.25, 0.3) is 0 Å². The van der Waals surface area contributed by atoms with E-state index in [-0.39, 0.29) is 24.6 Å². The Labute approximate surface area is 152 Å². The molecule has 3 N–H and O–H groups in total. The summed E-state index contributed by atoms with van der Waals surface area (Å²) in [5.74, 6) is -0.319. The number of nitrogens with one attached hydrogen (secondary N) is 2. The number of carbonyl (C=O) groups is 2. The van der Waals surface area contributed by atoms with Crippen LogP contribution in [-0.2, 0) is 9.53 Å². The first-order chi connectivity index (χ1) is 11.8. The third kappa shape index (κ3) is 4.71. The molecule has 0 aliphatic carbocycles. The Morgan fingerprint density at radius 2 is 2.24 bits per heavy atom. The summed E-state index contributed by atoms with van der Waals surface area (Å²) in [6.07, 6.45) is 0.373. The van der Waals surface area contributed by atoms with Crippen LogP contribution in [0.4, 0.5) is 4.79 Å². The topological polar surface area (TPSA) is 90.9 Å². The lowest BCUT2D eigenvalue weighted by Crippen LogP contribution is -2.64. The molecule has 1 saturated heterocycles. The van der Waals surface area contributed by atoms with Crippen molar-refractivity contribution in [2.75, 3.05) is 20.3 Å². The number of hydrogen-bond donors (Lipinski definition) is 3. The smallest absolute Gasteiger partial charge is 0.318 e. The predicted molar refractivity (Wildman–Crippen MR) is 96.5 cm³/mol. The molecule has 2 heterocycles. The van der Waals surface area contributed by atoms with E-state index in [4.69, 9.17) is 4.74 Å². The maximum Gasteiger partial charge on any atom is 0.318 e. The second-order valence-corrected chi connectivity index (χ2v) is 7.82. The predicted octanol–water partition coefficient (Wildman–Crippen LogP) is 1.50. The third-order valence-electron chi connectivity index (χ3n) is 4.28. The lowest BCUT2D eigenvalue weighted by molar-refractivity contribution is -0.130. The number of rotatable bonds is 5. The van der Waals surface area contributed by atoms with Gasteiger partial charge >= 0.3 is 6.03 Å².